The highest BCUT2D eigenvalue weighted by Crippen LogP contribution is 2.07. The van der Waals surface area contributed by atoms with Gasteiger partial charge in [-0.3, -0.25) is 0 Å². The topological polar surface area (TPSA) is 15.3 Å². The molecule has 2 heteroatoms. The van der Waals surface area contributed by atoms with Crippen molar-refractivity contribution in [2.45, 2.75) is 65.5 Å². The highest BCUT2D eigenvalue weighted by atomic mass is 15.1. The maximum atomic E-state index is 3.60. The first-order chi connectivity index (χ1) is 6.96. The first-order valence-corrected chi connectivity index (χ1v) is 6.42. The molecule has 0 unspecified atom stereocenters. The molecule has 0 aromatic rings. The van der Waals surface area contributed by atoms with Gasteiger partial charge in [-0.1, -0.05) is 20.8 Å². The van der Waals surface area contributed by atoms with Crippen LogP contribution >= 0.6 is 0 Å². The van der Waals surface area contributed by atoms with Gasteiger partial charge in [0.2, 0.25) is 0 Å². The van der Waals surface area contributed by atoms with Gasteiger partial charge in [-0.2, -0.15) is 0 Å². The number of hydrogen-bond acceptors (Lipinski definition) is 2. The average molecular weight is 214 g/mol. The van der Waals surface area contributed by atoms with Crippen molar-refractivity contribution in [2.75, 3.05) is 20.1 Å². The van der Waals surface area contributed by atoms with Crippen molar-refractivity contribution in [3.63, 3.8) is 0 Å². The van der Waals surface area contributed by atoms with E-state index in [9.17, 15) is 0 Å². The third-order valence-corrected chi connectivity index (χ3v) is 3.52. The molecule has 92 valence electrons. The highest BCUT2D eigenvalue weighted by Gasteiger charge is 2.14. The number of hydrogen-bond donors (Lipinski definition) is 1. The van der Waals surface area contributed by atoms with Gasteiger partial charge in [0.05, 0.1) is 0 Å². The van der Waals surface area contributed by atoms with Crippen LogP contribution in [0.3, 0.4) is 0 Å². The molecule has 0 fully saturated rings. The summed E-state index contributed by atoms with van der Waals surface area (Å²) in [4.78, 5) is 2.47. The molecule has 0 aliphatic carbocycles. The third-order valence-electron chi connectivity index (χ3n) is 3.52. The zero-order valence-corrected chi connectivity index (χ0v) is 11.6. The fraction of sp³-hybridized carbons (Fsp3) is 1.00. The molecule has 0 amide bonds. The summed E-state index contributed by atoms with van der Waals surface area (Å²) in [5, 5.41) is 3.60. The second kappa shape index (κ2) is 7.24. The lowest BCUT2D eigenvalue weighted by Crippen LogP contribution is -2.44. The molecule has 0 saturated heterocycles. The molecule has 0 bridgehead atoms. The molecular formula is C13H30N2. The molecule has 15 heavy (non-hydrogen) atoms. The lowest BCUT2D eigenvalue weighted by atomic mass is 10.0. The summed E-state index contributed by atoms with van der Waals surface area (Å²) in [7, 11) is 2.23. The van der Waals surface area contributed by atoms with Gasteiger partial charge in [-0.25, -0.2) is 0 Å². The average Bonchev–Trinajstić information content (AvgIpc) is 2.19. The van der Waals surface area contributed by atoms with E-state index in [-0.39, 0.29) is 5.54 Å². The second-order valence-electron chi connectivity index (χ2n) is 5.12. The molecule has 0 aromatic heterocycles. The predicted octanol–water partition coefficient (Wildman–Crippen LogP) is 2.89. The third kappa shape index (κ3) is 6.16. The van der Waals surface area contributed by atoms with E-state index >= 15 is 0 Å². The zero-order valence-electron chi connectivity index (χ0n) is 11.6. The lowest BCUT2D eigenvalue weighted by molar-refractivity contribution is 0.220. The normalized spacial score (nSPS) is 12.8. The molecule has 0 radical (unpaired) electrons. The van der Waals surface area contributed by atoms with E-state index < -0.39 is 0 Å². The Hall–Kier alpha value is -0.0800. The van der Waals surface area contributed by atoms with Crippen molar-refractivity contribution >= 4 is 0 Å². The van der Waals surface area contributed by atoms with Crippen LogP contribution in [0.2, 0.25) is 0 Å². The summed E-state index contributed by atoms with van der Waals surface area (Å²) in [5.41, 5.74) is 0.286. The van der Waals surface area contributed by atoms with E-state index in [1.165, 1.54) is 19.3 Å². The van der Waals surface area contributed by atoms with Crippen molar-refractivity contribution in [1.29, 1.82) is 0 Å². The van der Waals surface area contributed by atoms with Crippen LogP contribution < -0.4 is 5.32 Å². The largest absolute Gasteiger partial charge is 0.311 e. The monoisotopic (exact) mass is 214 g/mol. The Bertz CT molecular complexity index is 151. The SMILES string of the molecule is CCC(CC)N(C)CCNC(C)(C)CC. The molecule has 0 aromatic carbocycles. The molecule has 1 N–H and O–H groups in total. The Labute approximate surface area is 96.4 Å². The van der Waals surface area contributed by atoms with E-state index in [2.05, 4.69) is 51.9 Å². The van der Waals surface area contributed by atoms with E-state index in [1.807, 2.05) is 0 Å². The van der Waals surface area contributed by atoms with Gasteiger partial charge in [0.15, 0.2) is 0 Å². The fourth-order valence-electron chi connectivity index (χ4n) is 1.79. The van der Waals surface area contributed by atoms with Gasteiger partial charge in [0.1, 0.15) is 0 Å². The number of nitrogens with zero attached hydrogens (tertiary/aromatic N) is 1. The minimum Gasteiger partial charge on any atom is -0.311 e. The summed E-state index contributed by atoms with van der Waals surface area (Å²) in [6.07, 6.45) is 3.69. The molecule has 0 saturated carbocycles. The van der Waals surface area contributed by atoms with Crippen LogP contribution in [-0.4, -0.2) is 36.6 Å². The minimum atomic E-state index is 0.286. The molecule has 0 atom stereocenters. The molecule has 0 rings (SSSR count). The quantitative estimate of drug-likeness (QED) is 0.668. The first kappa shape index (κ1) is 14.9. The summed E-state index contributed by atoms with van der Waals surface area (Å²) in [5.74, 6) is 0. The van der Waals surface area contributed by atoms with Crippen molar-refractivity contribution in [3.8, 4) is 0 Å². The van der Waals surface area contributed by atoms with Crippen LogP contribution in [0.1, 0.15) is 53.9 Å². The molecule has 0 spiro atoms. The smallest absolute Gasteiger partial charge is 0.0123 e. The lowest BCUT2D eigenvalue weighted by Gasteiger charge is -2.29. The summed E-state index contributed by atoms with van der Waals surface area (Å²) < 4.78 is 0. The van der Waals surface area contributed by atoms with Crippen LogP contribution in [0.5, 0.6) is 0 Å². The highest BCUT2D eigenvalue weighted by molar-refractivity contribution is 4.76. The molecule has 0 aliphatic heterocycles. The van der Waals surface area contributed by atoms with Gasteiger partial charge >= 0.3 is 0 Å². The van der Waals surface area contributed by atoms with E-state index in [4.69, 9.17) is 0 Å². The fourth-order valence-corrected chi connectivity index (χ4v) is 1.79. The van der Waals surface area contributed by atoms with Crippen LogP contribution in [0.15, 0.2) is 0 Å². The van der Waals surface area contributed by atoms with Crippen molar-refractivity contribution < 1.29 is 0 Å². The Morgan fingerprint density at radius 3 is 2.07 bits per heavy atom. The van der Waals surface area contributed by atoms with Crippen molar-refractivity contribution in [3.05, 3.63) is 0 Å². The van der Waals surface area contributed by atoms with Crippen molar-refractivity contribution in [2.24, 2.45) is 0 Å². The zero-order chi connectivity index (χ0) is 11.9. The standard InChI is InChI=1S/C13H30N2/c1-7-12(8-2)15(6)11-10-14-13(4,5)9-3/h12,14H,7-11H2,1-6H3. The van der Waals surface area contributed by atoms with Gasteiger partial charge in [0.25, 0.3) is 0 Å². The van der Waals surface area contributed by atoms with Gasteiger partial charge in [-0.05, 0) is 40.2 Å². The van der Waals surface area contributed by atoms with Gasteiger partial charge in [-0.15, -0.1) is 0 Å². The van der Waals surface area contributed by atoms with E-state index in [0.29, 0.717) is 0 Å². The first-order valence-electron chi connectivity index (χ1n) is 6.42. The summed E-state index contributed by atoms with van der Waals surface area (Å²) in [6.45, 7) is 13.6. The van der Waals surface area contributed by atoms with E-state index in [1.54, 1.807) is 0 Å². The maximum Gasteiger partial charge on any atom is 0.0123 e. The van der Waals surface area contributed by atoms with Crippen LogP contribution in [0.4, 0.5) is 0 Å². The number of nitrogens with one attached hydrogen (secondary N) is 1. The van der Waals surface area contributed by atoms with Crippen LogP contribution in [-0.2, 0) is 0 Å². The number of rotatable bonds is 8. The molecular weight excluding hydrogens is 184 g/mol. The van der Waals surface area contributed by atoms with Crippen molar-refractivity contribution in [1.82, 2.24) is 10.2 Å². The molecule has 0 aliphatic rings. The summed E-state index contributed by atoms with van der Waals surface area (Å²) in [6, 6.07) is 0.747. The predicted molar refractivity (Wildman–Crippen MR) is 69.4 cm³/mol. The van der Waals surface area contributed by atoms with Crippen LogP contribution in [0, 0.1) is 0 Å². The Balaban J connectivity index is 3.76. The van der Waals surface area contributed by atoms with Gasteiger partial charge < -0.3 is 10.2 Å². The maximum absolute atomic E-state index is 3.60. The summed E-state index contributed by atoms with van der Waals surface area (Å²) >= 11 is 0. The molecule has 0 heterocycles. The number of likely N-dealkylation sites (N-methyl/N-ethyl adjacent to an activating group) is 1. The van der Waals surface area contributed by atoms with Gasteiger partial charge in [0, 0.05) is 24.7 Å². The van der Waals surface area contributed by atoms with E-state index in [0.717, 1.165) is 19.1 Å². The molecule has 2 nitrogen and oxygen atoms in total. The van der Waals surface area contributed by atoms with Crippen LogP contribution in [0.25, 0.3) is 0 Å². The Kier molecular flexibility index (Phi) is 7.20. The second-order valence-corrected chi connectivity index (χ2v) is 5.12. The minimum absolute atomic E-state index is 0.286. The Morgan fingerprint density at radius 1 is 1.13 bits per heavy atom. The Morgan fingerprint density at radius 2 is 1.67 bits per heavy atom.